The fourth-order valence-corrected chi connectivity index (χ4v) is 3.47. The molecule has 2 aromatic carbocycles. The Hall–Kier alpha value is -2.33. The van der Waals surface area contributed by atoms with Crippen molar-refractivity contribution in [2.45, 2.75) is 18.4 Å². The van der Waals surface area contributed by atoms with E-state index in [1.165, 1.54) is 0 Å². The molecule has 0 saturated carbocycles. The van der Waals surface area contributed by atoms with Gasteiger partial charge in [-0.2, -0.15) is 0 Å². The van der Waals surface area contributed by atoms with Gasteiger partial charge in [-0.1, -0.05) is 22.8 Å². The number of sulfonamides is 1. The number of hydrogen-bond donors (Lipinski definition) is 2. The molecule has 0 radical (unpaired) electrons. The van der Waals surface area contributed by atoms with E-state index in [1.54, 1.807) is 25.1 Å². The molecule has 10 heteroatoms. The standard InChI is InChI=1S/C17H13ClF2N2O4S/c1-8-4-9(2-3-11(8)18)16-15(14(7-23)26-22-16)10-5-12(19)17(13(20)6-10)27(21,24)25/h2-6,23H,7H2,1H3,(H2,21,24,25). The first-order chi connectivity index (χ1) is 12.6. The summed E-state index contributed by atoms with van der Waals surface area (Å²) in [4.78, 5) is -1.24. The normalized spacial score (nSPS) is 11.8. The summed E-state index contributed by atoms with van der Waals surface area (Å²) in [7, 11) is -4.59. The number of aliphatic hydroxyl groups excluding tert-OH is 1. The van der Waals surface area contributed by atoms with Gasteiger partial charge in [0.25, 0.3) is 0 Å². The van der Waals surface area contributed by atoms with Gasteiger partial charge in [-0.05, 0) is 42.3 Å². The molecule has 142 valence electrons. The van der Waals surface area contributed by atoms with Crippen LogP contribution in [0.4, 0.5) is 8.78 Å². The maximum atomic E-state index is 14.3. The Morgan fingerprint density at radius 3 is 2.33 bits per heavy atom. The number of aromatic nitrogens is 1. The van der Waals surface area contributed by atoms with Crippen LogP contribution in [0.2, 0.25) is 5.02 Å². The molecule has 0 fully saturated rings. The first kappa shape index (κ1) is 19.4. The molecule has 3 N–H and O–H groups in total. The predicted octanol–water partition coefficient (Wildman–Crippen LogP) is 3.39. The Morgan fingerprint density at radius 1 is 1.19 bits per heavy atom. The maximum Gasteiger partial charge on any atom is 0.243 e. The zero-order valence-electron chi connectivity index (χ0n) is 13.8. The van der Waals surface area contributed by atoms with Crippen molar-refractivity contribution in [3.8, 4) is 22.4 Å². The van der Waals surface area contributed by atoms with Gasteiger partial charge in [0.05, 0.1) is 5.56 Å². The highest BCUT2D eigenvalue weighted by atomic mass is 35.5. The van der Waals surface area contributed by atoms with Crippen LogP contribution >= 0.6 is 11.6 Å². The lowest BCUT2D eigenvalue weighted by Gasteiger charge is -2.08. The highest BCUT2D eigenvalue weighted by Gasteiger charge is 2.25. The Labute approximate surface area is 158 Å². The predicted molar refractivity (Wildman–Crippen MR) is 94.3 cm³/mol. The van der Waals surface area contributed by atoms with Gasteiger partial charge in [0.15, 0.2) is 10.7 Å². The van der Waals surface area contributed by atoms with E-state index in [9.17, 15) is 22.3 Å². The van der Waals surface area contributed by atoms with Crippen LogP contribution in [0.5, 0.6) is 0 Å². The Balaban J connectivity index is 2.26. The molecule has 0 spiro atoms. The molecule has 6 nitrogen and oxygen atoms in total. The third kappa shape index (κ3) is 3.59. The van der Waals surface area contributed by atoms with Gasteiger partial charge in [0.1, 0.15) is 23.9 Å². The second-order valence-electron chi connectivity index (χ2n) is 5.77. The van der Waals surface area contributed by atoms with E-state index >= 15 is 0 Å². The number of nitrogens with two attached hydrogens (primary N) is 1. The summed E-state index contributed by atoms with van der Waals surface area (Å²) in [6, 6.07) is 6.52. The molecule has 3 aromatic rings. The quantitative estimate of drug-likeness (QED) is 0.680. The van der Waals surface area contributed by atoms with Crippen molar-refractivity contribution in [1.29, 1.82) is 0 Å². The van der Waals surface area contributed by atoms with E-state index in [0.29, 0.717) is 10.6 Å². The second kappa shape index (κ2) is 7.01. The Kier molecular flexibility index (Phi) is 5.04. The summed E-state index contributed by atoms with van der Waals surface area (Å²) >= 11 is 6.01. The molecular formula is C17H13ClF2N2O4S. The first-order valence-corrected chi connectivity index (χ1v) is 9.44. The van der Waals surface area contributed by atoms with E-state index in [2.05, 4.69) is 5.16 Å². The van der Waals surface area contributed by atoms with E-state index in [4.69, 9.17) is 21.3 Å². The SMILES string of the molecule is Cc1cc(-c2noc(CO)c2-c2cc(F)c(S(N)(=O)=O)c(F)c2)ccc1Cl. The summed E-state index contributed by atoms with van der Waals surface area (Å²) in [5.74, 6) is -2.77. The van der Waals surface area contributed by atoms with E-state index < -0.39 is 33.2 Å². The monoisotopic (exact) mass is 414 g/mol. The van der Waals surface area contributed by atoms with Crippen molar-refractivity contribution in [2.24, 2.45) is 5.14 Å². The Bertz CT molecular complexity index is 1120. The van der Waals surface area contributed by atoms with Crippen LogP contribution in [0.25, 0.3) is 22.4 Å². The van der Waals surface area contributed by atoms with Gasteiger partial charge >= 0.3 is 0 Å². The Morgan fingerprint density at radius 2 is 1.81 bits per heavy atom. The van der Waals surface area contributed by atoms with Crippen molar-refractivity contribution < 1.29 is 26.8 Å². The lowest BCUT2D eigenvalue weighted by molar-refractivity contribution is 0.230. The molecule has 0 atom stereocenters. The number of benzene rings is 2. The van der Waals surface area contributed by atoms with Crippen LogP contribution in [0, 0.1) is 18.6 Å². The van der Waals surface area contributed by atoms with Crippen molar-refractivity contribution in [3.05, 3.63) is 58.3 Å². The second-order valence-corrected chi connectivity index (χ2v) is 7.67. The average Bonchev–Trinajstić information content (AvgIpc) is 2.99. The summed E-state index contributed by atoms with van der Waals surface area (Å²) in [6.07, 6.45) is 0. The molecule has 0 unspecified atom stereocenters. The molecular weight excluding hydrogens is 402 g/mol. The van der Waals surface area contributed by atoms with E-state index in [-0.39, 0.29) is 22.6 Å². The fourth-order valence-electron chi connectivity index (χ4n) is 2.69. The van der Waals surface area contributed by atoms with Gasteiger partial charge in [0, 0.05) is 10.6 Å². The van der Waals surface area contributed by atoms with Crippen LogP contribution in [0.3, 0.4) is 0 Å². The van der Waals surface area contributed by atoms with Crippen LogP contribution in [0.1, 0.15) is 11.3 Å². The fraction of sp³-hybridized carbons (Fsp3) is 0.118. The topological polar surface area (TPSA) is 106 Å². The van der Waals surface area contributed by atoms with Crippen molar-refractivity contribution in [2.75, 3.05) is 0 Å². The van der Waals surface area contributed by atoms with Crippen molar-refractivity contribution >= 4 is 21.6 Å². The summed E-state index contributed by atoms with van der Waals surface area (Å²) in [6.45, 7) is 1.17. The lowest BCUT2D eigenvalue weighted by Crippen LogP contribution is -2.16. The minimum atomic E-state index is -4.59. The lowest BCUT2D eigenvalue weighted by atomic mass is 9.98. The van der Waals surface area contributed by atoms with Gasteiger partial charge in [-0.25, -0.2) is 22.3 Å². The summed E-state index contributed by atoms with van der Waals surface area (Å²) in [5.41, 5.74) is 1.53. The number of aryl methyl sites for hydroxylation is 1. The zero-order valence-corrected chi connectivity index (χ0v) is 15.4. The number of hydrogen-bond acceptors (Lipinski definition) is 5. The van der Waals surface area contributed by atoms with Gasteiger partial charge < -0.3 is 9.63 Å². The highest BCUT2D eigenvalue weighted by Crippen LogP contribution is 2.37. The molecule has 3 rings (SSSR count). The molecule has 0 amide bonds. The number of rotatable bonds is 4. The third-order valence-electron chi connectivity index (χ3n) is 3.91. The summed E-state index contributed by atoms with van der Waals surface area (Å²) < 4.78 is 56.3. The highest BCUT2D eigenvalue weighted by molar-refractivity contribution is 7.89. The first-order valence-electron chi connectivity index (χ1n) is 7.51. The van der Waals surface area contributed by atoms with Gasteiger partial charge in [-0.15, -0.1) is 0 Å². The molecule has 0 bridgehead atoms. The van der Waals surface area contributed by atoms with Crippen LogP contribution in [0.15, 0.2) is 39.8 Å². The average molecular weight is 415 g/mol. The number of aliphatic hydroxyl groups is 1. The molecule has 1 aromatic heterocycles. The number of nitrogens with zero attached hydrogens (tertiary/aromatic N) is 1. The molecule has 0 aliphatic carbocycles. The van der Waals surface area contributed by atoms with Crippen molar-refractivity contribution in [1.82, 2.24) is 5.16 Å². The molecule has 0 aliphatic heterocycles. The van der Waals surface area contributed by atoms with Gasteiger partial charge in [0.2, 0.25) is 10.0 Å². The molecule has 27 heavy (non-hydrogen) atoms. The number of halogens is 3. The zero-order chi connectivity index (χ0) is 19.9. The van der Waals surface area contributed by atoms with Crippen LogP contribution in [-0.4, -0.2) is 18.7 Å². The van der Waals surface area contributed by atoms with Crippen LogP contribution in [-0.2, 0) is 16.6 Å². The van der Waals surface area contributed by atoms with Crippen molar-refractivity contribution in [3.63, 3.8) is 0 Å². The molecule has 1 heterocycles. The van der Waals surface area contributed by atoms with Gasteiger partial charge in [-0.3, -0.25) is 0 Å². The smallest absolute Gasteiger partial charge is 0.243 e. The van der Waals surface area contributed by atoms with E-state index in [0.717, 1.165) is 17.7 Å². The molecule has 0 saturated heterocycles. The van der Waals surface area contributed by atoms with Crippen LogP contribution < -0.4 is 5.14 Å². The molecule has 0 aliphatic rings. The largest absolute Gasteiger partial charge is 0.388 e. The van der Waals surface area contributed by atoms with E-state index in [1.807, 2.05) is 0 Å². The summed E-state index contributed by atoms with van der Waals surface area (Å²) in [5, 5.41) is 18.7. The minimum Gasteiger partial charge on any atom is -0.388 e. The maximum absolute atomic E-state index is 14.3. The minimum absolute atomic E-state index is 0.0419. The number of primary sulfonamides is 1. The third-order valence-corrected chi connectivity index (χ3v) is 5.29.